The molecule has 3 rings (SSSR count). The van der Waals surface area contributed by atoms with Crippen LogP contribution >= 0.6 is 28.6 Å². The van der Waals surface area contributed by atoms with E-state index < -0.39 is 62.8 Å². The first kappa shape index (κ1) is 33.7. The fourth-order valence-electron chi connectivity index (χ4n) is 5.40. The number of nitrogens with one attached hydrogen (secondary N) is 1. The number of sulfone groups is 1. The SMILES string of the molecule is Br.COC1CC(O)(CS(=O)(=O)CCc2ccccc2)C(C2(C)OC2CC=C(C)C)CC1OC(=O)NC(=O)CCl. The van der Waals surface area contributed by atoms with Gasteiger partial charge in [0.1, 0.15) is 12.0 Å². The summed E-state index contributed by atoms with van der Waals surface area (Å²) in [6.45, 7) is 5.80. The monoisotopic (exact) mass is 651 g/mol. The Labute approximate surface area is 246 Å². The van der Waals surface area contributed by atoms with Crippen LogP contribution in [0.25, 0.3) is 0 Å². The molecule has 0 spiro atoms. The van der Waals surface area contributed by atoms with Gasteiger partial charge in [0, 0.05) is 19.4 Å². The lowest BCUT2D eigenvalue weighted by Gasteiger charge is -2.47. The van der Waals surface area contributed by atoms with E-state index >= 15 is 0 Å². The van der Waals surface area contributed by atoms with Gasteiger partial charge in [-0.1, -0.05) is 42.0 Å². The van der Waals surface area contributed by atoms with Gasteiger partial charge in [0.05, 0.1) is 34.9 Å². The Bertz CT molecular complexity index is 1130. The standard InChI is InChI=1S/C27H38ClNO8S.BrH/c1-18(2)10-11-23-26(3,37-23)22-14-20(36-25(31)29-24(30)16-28)21(35-4)15-27(22,32)17-38(33,34)13-12-19-8-6-5-7-9-19;/h5-10,20-23,32H,11-17H2,1-4H3,(H,29,30,31);1H. The molecule has 1 aromatic carbocycles. The summed E-state index contributed by atoms with van der Waals surface area (Å²) in [4.78, 5) is 23.8. The van der Waals surface area contributed by atoms with Crippen molar-refractivity contribution in [2.75, 3.05) is 24.5 Å². The summed E-state index contributed by atoms with van der Waals surface area (Å²) in [6.07, 6.45) is 0.123. The zero-order chi connectivity index (χ0) is 28.1. The topological polar surface area (TPSA) is 132 Å². The molecule has 0 bridgehead atoms. The van der Waals surface area contributed by atoms with Crippen LogP contribution in [0.3, 0.4) is 0 Å². The zero-order valence-electron chi connectivity index (χ0n) is 22.7. The number of carbonyl (C=O) groups is 2. The molecule has 1 aliphatic heterocycles. The van der Waals surface area contributed by atoms with E-state index in [9.17, 15) is 23.1 Å². The number of methoxy groups -OCH3 is 1. The van der Waals surface area contributed by atoms with E-state index in [-0.39, 0.29) is 41.7 Å². The van der Waals surface area contributed by atoms with E-state index in [0.29, 0.717) is 12.8 Å². The number of rotatable bonds is 11. The number of benzene rings is 1. The van der Waals surface area contributed by atoms with Crippen LogP contribution in [0.5, 0.6) is 0 Å². The maximum absolute atomic E-state index is 13.3. The van der Waals surface area contributed by atoms with Gasteiger partial charge in [-0.25, -0.2) is 13.2 Å². The fraction of sp³-hybridized carbons (Fsp3) is 0.630. The van der Waals surface area contributed by atoms with Gasteiger partial charge in [0.15, 0.2) is 9.84 Å². The van der Waals surface area contributed by atoms with Gasteiger partial charge in [-0.2, -0.15) is 0 Å². The van der Waals surface area contributed by atoms with Crippen LogP contribution in [-0.4, -0.2) is 79.5 Å². The van der Waals surface area contributed by atoms with Crippen LogP contribution in [0.15, 0.2) is 42.0 Å². The first-order valence-electron chi connectivity index (χ1n) is 12.7. The summed E-state index contributed by atoms with van der Waals surface area (Å²) in [6, 6.07) is 9.30. The number of aryl methyl sites for hydroxylation is 1. The molecule has 2 N–H and O–H groups in total. The lowest BCUT2D eigenvalue weighted by molar-refractivity contribution is -0.150. The molecule has 1 aromatic rings. The van der Waals surface area contributed by atoms with Gasteiger partial charge in [-0.15, -0.1) is 28.6 Å². The number of imide groups is 1. The number of allylic oxidation sites excluding steroid dienone is 1. The predicted octanol–water partition coefficient (Wildman–Crippen LogP) is 3.75. The highest BCUT2D eigenvalue weighted by Crippen LogP contribution is 2.54. The van der Waals surface area contributed by atoms with Gasteiger partial charge in [0.25, 0.3) is 0 Å². The summed E-state index contributed by atoms with van der Waals surface area (Å²) in [5.41, 5.74) is -0.513. The van der Waals surface area contributed by atoms with Crippen molar-refractivity contribution >= 4 is 50.4 Å². The number of amides is 2. The van der Waals surface area contributed by atoms with Crippen LogP contribution in [-0.2, 0) is 35.3 Å². The van der Waals surface area contributed by atoms with Crippen molar-refractivity contribution in [2.24, 2.45) is 5.92 Å². The molecule has 220 valence electrons. The number of aliphatic hydroxyl groups is 1. The molecular formula is C27H39BrClNO8S. The summed E-state index contributed by atoms with van der Waals surface area (Å²) in [7, 11) is -2.29. The second-order valence-electron chi connectivity index (χ2n) is 10.6. The van der Waals surface area contributed by atoms with Crippen LogP contribution in [0, 0.1) is 5.92 Å². The van der Waals surface area contributed by atoms with Crippen molar-refractivity contribution < 1.29 is 37.3 Å². The third kappa shape index (κ3) is 8.99. The summed E-state index contributed by atoms with van der Waals surface area (Å²) in [5.74, 6) is -2.39. The Morgan fingerprint density at radius 3 is 2.49 bits per heavy atom. The van der Waals surface area contributed by atoms with E-state index in [1.165, 1.54) is 7.11 Å². The molecule has 12 heteroatoms. The highest BCUT2D eigenvalue weighted by molar-refractivity contribution is 8.93. The number of halogens is 2. The van der Waals surface area contributed by atoms with E-state index in [1.54, 1.807) is 0 Å². The summed E-state index contributed by atoms with van der Waals surface area (Å²) >= 11 is 5.46. The van der Waals surface area contributed by atoms with Crippen LogP contribution in [0.1, 0.15) is 45.6 Å². The molecule has 39 heavy (non-hydrogen) atoms. The van der Waals surface area contributed by atoms with Gasteiger partial charge in [-0.05, 0) is 45.6 Å². The number of hydrogen-bond donors (Lipinski definition) is 2. The number of alkyl carbamates (subject to hydrolysis) is 1. The number of epoxide rings is 1. The van der Waals surface area contributed by atoms with E-state index in [2.05, 4.69) is 0 Å². The van der Waals surface area contributed by atoms with Crippen LogP contribution in [0.4, 0.5) is 4.79 Å². The molecule has 1 saturated carbocycles. The minimum Gasteiger partial charge on any atom is -0.443 e. The zero-order valence-corrected chi connectivity index (χ0v) is 26.0. The maximum atomic E-state index is 13.3. The van der Waals surface area contributed by atoms with Crippen molar-refractivity contribution in [1.82, 2.24) is 5.32 Å². The fourth-order valence-corrected chi connectivity index (χ4v) is 7.24. The lowest BCUT2D eigenvalue weighted by Crippen LogP contribution is -2.60. The summed E-state index contributed by atoms with van der Waals surface area (Å²) < 4.78 is 43.7. The second kappa shape index (κ2) is 13.9. The van der Waals surface area contributed by atoms with E-state index in [4.69, 9.17) is 25.8 Å². The maximum Gasteiger partial charge on any atom is 0.414 e. The van der Waals surface area contributed by atoms with Crippen LogP contribution in [0.2, 0.25) is 0 Å². The Balaban J connectivity index is 0.00000533. The molecule has 6 unspecified atom stereocenters. The largest absolute Gasteiger partial charge is 0.443 e. The van der Waals surface area contributed by atoms with Gasteiger partial charge in [0.2, 0.25) is 5.91 Å². The highest BCUT2D eigenvalue weighted by atomic mass is 79.9. The minimum absolute atomic E-state index is 0. The smallest absolute Gasteiger partial charge is 0.414 e. The molecule has 1 saturated heterocycles. The van der Waals surface area contributed by atoms with Gasteiger partial charge >= 0.3 is 6.09 Å². The number of alkyl halides is 1. The molecule has 2 aliphatic rings. The van der Waals surface area contributed by atoms with Crippen LogP contribution < -0.4 is 5.32 Å². The van der Waals surface area contributed by atoms with Crippen molar-refractivity contribution in [3.05, 3.63) is 47.5 Å². The van der Waals surface area contributed by atoms with Crippen molar-refractivity contribution in [2.45, 2.75) is 76.0 Å². The Kier molecular flexibility index (Phi) is 12.0. The molecule has 9 nitrogen and oxygen atoms in total. The Morgan fingerprint density at radius 1 is 1.23 bits per heavy atom. The second-order valence-corrected chi connectivity index (χ2v) is 13.1. The van der Waals surface area contributed by atoms with E-state index in [0.717, 1.165) is 11.1 Å². The quantitative estimate of drug-likeness (QED) is 0.210. The average molecular weight is 653 g/mol. The third-order valence-corrected chi connectivity index (χ3v) is 9.44. The molecule has 2 fully saturated rings. The molecule has 6 atom stereocenters. The minimum atomic E-state index is -3.69. The molecule has 1 heterocycles. The van der Waals surface area contributed by atoms with Crippen molar-refractivity contribution in [3.63, 3.8) is 0 Å². The molecule has 1 aliphatic carbocycles. The first-order chi connectivity index (χ1) is 17.8. The van der Waals surface area contributed by atoms with Gasteiger partial charge < -0.3 is 19.3 Å². The Morgan fingerprint density at radius 2 is 1.90 bits per heavy atom. The molecule has 0 aromatic heterocycles. The first-order valence-corrected chi connectivity index (χ1v) is 15.0. The van der Waals surface area contributed by atoms with Gasteiger partial charge in [-0.3, -0.25) is 10.1 Å². The number of ether oxygens (including phenoxy) is 3. The summed E-state index contributed by atoms with van der Waals surface area (Å²) in [5, 5.41) is 14.0. The molecule has 0 radical (unpaired) electrons. The molecular weight excluding hydrogens is 614 g/mol. The third-order valence-electron chi connectivity index (χ3n) is 7.43. The number of hydrogen-bond acceptors (Lipinski definition) is 8. The predicted molar refractivity (Wildman–Crippen MR) is 154 cm³/mol. The van der Waals surface area contributed by atoms with Crippen molar-refractivity contribution in [3.8, 4) is 0 Å². The molecule has 2 amide bonds. The lowest BCUT2D eigenvalue weighted by atomic mass is 9.67. The van der Waals surface area contributed by atoms with E-state index in [1.807, 2.05) is 62.5 Å². The number of carbonyl (C=O) groups excluding carboxylic acids is 2. The Hall–Kier alpha value is -1.50. The highest BCUT2D eigenvalue weighted by Gasteiger charge is 2.66. The van der Waals surface area contributed by atoms with Crippen molar-refractivity contribution in [1.29, 1.82) is 0 Å². The normalized spacial score (nSPS) is 30.0. The average Bonchev–Trinajstić information content (AvgIpc) is 3.52.